The van der Waals surface area contributed by atoms with Gasteiger partial charge in [-0.3, -0.25) is 9.69 Å². The minimum absolute atomic E-state index is 0.0168. The zero-order valence-electron chi connectivity index (χ0n) is 10.2. The summed E-state index contributed by atoms with van der Waals surface area (Å²) in [6.45, 7) is 3.62. The molecule has 0 spiro atoms. The van der Waals surface area contributed by atoms with Gasteiger partial charge in [0.25, 0.3) is 5.91 Å². The highest BCUT2D eigenvalue weighted by molar-refractivity contribution is 6.00. The predicted octanol–water partition coefficient (Wildman–Crippen LogP) is 2.10. The average molecular weight is 248 g/mol. The molecule has 1 aliphatic heterocycles. The van der Waals surface area contributed by atoms with Crippen molar-refractivity contribution in [2.24, 2.45) is 5.92 Å². The molecule has 0 N–H and O–H groups in total. The van der Waals surface area contributed by atoms with Gasteiger partial charge in [-0.1, -0.05) is 13.8 Å². The van der Waals surface area contributed by atoms with E-state index in [-0.39, 0.29) is 18.4 Å². The molecule has 1 atom stereocenters. The second-order valence-corrected chi connectivity index (χ2v) is 4.48. The van der Waals surface area contributed by atoms with E-state index in [9.17, 15) is 9.18 Å². The minimum Gasteiger partial charge on any atom is -0.478 e. The molecule has 1 unspecified atom stereocenters. The number of rotatable bonds is 2. The highest BCUT2D eigenvalue weighted by Gasteiger charge is 2.36. The first-order valence-electron chi connectivity index (χ1n) is 5.69. The van der Waals surface area contributed by atoms with Crippen molar-refractivity contribution in [1.29, 1.82) is 5.26 Å². The fourth-order valence-corrected chi connectivity index (χ4v) is 1.92. The molecule has 0 aromatic heterocycles. The summed E-state index contributed by atoms with van der Waals surface area (Å²) in [4.78, 5) is 13.4. The standard InChI is InChI=1S/C13H13FN2O2/c1-8(2)12-13(17)16(6-5-15)10-7-9(14)3-4-11(10)18-12/h3-4,7-8,12H,6H2,1-2H3. The van der Waals surface area contributed by atoms with Crippen LogP contribution in [0.1, 0.15) is 13.8 Å². The quantitative estimate of drug-likeness (QED) is 0.753. The molecular formula is C13H13FN2O2. The van der Waals surface area contributed by atoms with Crippen LogP contribution in [-0.4, -0.2) is 18.6 Å². The van der Waals surface area contributed by atoms with Crippen molar-refractivity contribution in [3.63, 3.8) is 0 Å². The number of hydrogen-bond donors (Lipinski definition) is 0. The molecule has 18 heavy (non-hydrogen) atoms. The molecule has 0 aliphatic carbocycles. The lowest BCUT2D eigenvalue weighted by molar-refractivity contribution is -0.128. The third-order valence-electron chi connectivity index (χ3n) is 2.81. The van der Waals surface area contributed by atoms with Gasteiger partial charge in [0.15, 0.2) is 6.10 Å². The molecule has 2 rings (SSSR count). The molecular weight excluding hydrogens is 235 g/mol. The lowest BCUT2D eigenvalue weighted by Gasteiger charge is -2.34. The average Bonchev–Trinajstić information content (AvgIpc) is 2.32. The van der Waals surface area contributed by atoms with E-state index < -0.39 is 11.9 Å². The van der Waals surface area contributed by atoms with Crippen LogP contribution in [0.5, 0.6) is 5.75 Å². The van der Waals surface area contributed by atoms with E-state index in [4.69, 9.17) is 10.00 Å². The molecule has 0 fully saturated rings. The molecule has 94 valence electrons. The van der Waals surface area contributed by atoms with Crippen molar-refractivity contribution < 1.29 is 13.9 Å². The Balaban J connectivity index is 2.48. The third-order valence-corrected chi connectivity index (χ3v) is 2.81. The summed E-state index contributed by atoms with van der Waals surface area (Å²) in [6.07, 6.45) is -0.628. The number of amides is 1. The summed E-state index contributed by atoms with van der Waals surface area (Å²) in [7, 11) is 0. The molecule has 5 heteroatoms. The third kappa shape index (κ3) is 2.02. The Morgan fingerprint density at radius 3 is 2.89 bits per heavy atom. The molecule has 1 amide bonds. The van der Waals surface area contributed by atoms with Gasteiger partial charge in [0.2, 0.25) is 0 Å². The first-order valence-corrected chi connectivity index (χ1v) is 5.69. The molecule has 1 aliphatic rings. The fourth-order valence-electron chi connectivity index (χ4n) is 1.92. The molecule has 0 saturated heterocycles. The SMILES string of the molecule is CC(C)C1Oc2ccc(F)cc2N(CC#N)C1=O. The van der Waals surface area contributed by atoms with E-state index in [1.807, 2.05) is 19.9 Å². The second-order valence-electron chi connectivity index (χ2n) is 4.48. The zero-order valence-corrected chi connectivity index (χ0v) is 10.2. The van der Waals surface area contributed by atoms with Gasteiger partial charge in [-0.15, -0.1) is 0 Å². The number of anilines is 1. The number of nitriles is 1. The monoisotopic (exact) mass is 248 g/mol. The van der Waals surface area contributed by atoms with E-state index in [2.05, 4.69) is 0 Å². The van der Waals surface area contributed by atoms with Crippen LogP contribution in [0.3, 0.4) is 0 Å². The van der Waals surface area contributed by atoms with Crippen molar-refractivity contribution in [2.75, 3.05) is 11.4 Å². The molecule has 0 saturated carbocycles. The summed E-state index contributed by atoms with van der Waals surface area (Å²) >= 11 is 0. The lowest BCUT2D eigenvalue weighted by Crippen LogP contribution is -2.48. The first kappa shape index (κ1) is 12.4. The maximum Gasteiger partial charge on any atom is 0.269 e. The topological polar surface area (TPSA) is 53.3 Å². The van der Waals surface area contributed by atoms with Crippen LogP contribution in [-0.2, 0) is 4.79 Å². The maximum atomic E-state index is 13.2. The highest BCUT2D eigenvalue weighted by atomic mass is 19.1. The van der Waals surface area contributed by atoms with Crippen LogP contribution in [0.15, 0.2) is 18.2 Å². The van der Waals surface area contributed by atoms with E-state index >= 15 is 0 Å². The molecule has 0 bridgehead atoms. The molecule has 1 aromatic carbocycles. The van der Waals surface area contributed by atoms with Gasteiger partial charge in [0.1, 0.15) is 18.1 Å². The number of benzene rings is 1. The summed E-state index contributed by atoms with van der Waals surface area (Å²) in [6, 6.07) is 5.88. The lowest BCUT2D eigenvalue weighted by atomic mass is 10.0. The normalized spacial score (nSPS) is 18.3. The van der Waals surface area contributed by atoms with E-state index in [1.165, 1.54) is 23.1 Å². The van der Waals surface area contributed by atoms with E-state index in [0.29, 0.717) is 11.4 Å². The molecule has 1 aromatic rings. The van der Waals surface area contributed by atoms with Gasteiger partial charge in [-0.05, 0) is 18.1 Å². The number of carbonyl (C=O) groups is 1. The van der Waals surface area contributed by atoms with Gasteiger partial charge < -0.3 is 4.74 Å². The van der Waals surface area contributed by atoms with Crippen molar-refractivity contribution in [3.05, 3.63) is 24.0 Å². The van der Waals surface area contributed by atoms with Crippen LogP contribution in [0.2, 0.25) is 0 Å². The van der Waals surface area contributed by atoms with Crippen LogP contribution >= 0.6 is 0 Å². The Kier molecular flexibility index (Phi) is 3.19. The Hall–Kier alpha value is -2.09. The van der Waals surface area contributed by atoms with Crippen molar-refractivity contribution in [1.82, 2.24) is 0 Å². The maximum absolute atomic E-state index is 13.2. The van der Waals surface area contributed by atoms with Gasteiger partial charge in [0.05, 0.1) is 11.8 Å². The predicted molar refractivity (Wildman–Crippen MR) is 63.6 cm³/mol. The molecule has 1 heterocycles. The summed E-state index contributed by atoms with van der Waals surface area (Å²) in [5.74, 6) is -0.345. The summed E-state index contributed by atoms with van der Waals surface area (Å²) < 4.78 is 18.8. The zero-order chi connectivity index (χ0) is 13.3. The van der Waals surface area contributed by atoms with Gasteiger partial charge in [0, 0.05) is 6.07 Å². The Bertz CT molecular complexity index is 522. The van der Waals surface area contributed by atoms with Gasteiger partial charge in [-0.2, -0.15) is 5.26 Å². The summed E-state index contributed by atoms with van der Waals surface area (Å²) in [5, 5.41) is 8.78. The van der Waals surface area contributed by atoms with Crippen LogP contribution in [0.25, 0.3) is 0 Å². The fraction of sp³-hybridized carbons (Fsp3) is 0.385. The number of fused-ring (bicyclic) bond motifs is 1. The summed E-state index contributed by atoms with van der Waals surface area (Å²) in [5.41, 5.74) is 0.318. The Morgan fingerprint density at radius 2 is 2.28 bits per heavy atom. The van der Waals surface area contributed by atoms with Crippen molar-refractivity contribution >= 4 is 11.6 Å². The first-order chi connectivity index (χ1) is 8.54. The number of ether oxygens (including phenoxy) is 1. The smallest absolute Gasteiger partial charge is 0.269 e. The van der Waals surface area contributed by atoms with Gasteiger partial charge >= 0.3 is 0 Å². The number of halogens is 1. The second kappa shape index (κ2) is 4.65. The van der Waals surface area contributed by atoms with E-state index in [0.717, 1.165) is 0 Å². The Morgan fingerprint density at radius 1 is 1.56 bits per heavy atom. The minimum atomic E-state index is -0.628. The largest absolute Gasteiger partial charge is 0.478 e. The number of nitrogens with zero attached hydrogens (tertiary/aromatic N) is 2. The molecule has 4 nitrogen and oxygen atoms in total. The van der Waals surface area contributed by atoms with Crippen LogP contribution < -0.4 is 9.64 Å². The van der Waals surface area contributed by atoms with Crippen LogP contribution in [0, 0.1) is 23.1 Å². The van der Waals surface area contributed by atoms with E-state index in [1.54, 1.807) is 0 Å². The number of carbonyl (C=O) groups excluding carboxylic acids is 1. The van der Waals surface area contributed by atoms with Crippen molar-refractivity contribution in [3.8, 4) is 11.8 Å². The molecule has 0 radical (unpaired) electrons. The highest BCUT2D eigenvalue weighted by Crippen LogP contribution is 2.35. The van der Waals surface area contributed by atoms with Crippen molar-refractivity contribution in [2.45, 2.75) is 20.0 Å². The van der Waals surface area contributed by atoms with Crippen LogP contribution in [0.4, 0.5) is 10.1 Å². The number of hydrogen-bond acceptors (Lipinski definition) is 3. The Labute approximate surface area is 105 Å². The van der Waals surface area contributed by atoms with Gasteiger partial charge in [-0.25, -0.2) is 4.39 Å².